The molecule has 0 bridgehead atoms. The van der Waals surface area contributed by atoms with Crippen LogP contribution in [0.5, 0.6) is 0 Å². The molecule has 0 heterocycles. The summed E-state index contributed by atoms with van der Waals surface area (Å²) in [6, 6.07) is 15.5. The lowest BCUT2D eigenvalue weighted by atomic mass is 9.82. The van der Waals surface area contributed by atoms with Crippen LogP contribution >= 0.6 is 22.6 Å². The monoisotopic (exact) mass is 320 g/mol. The van der Waals surface area contributed by atoms with Crippen molar-refractivity contribution in [1.82, 2.24) is 0 Å². The molecule has 2 aromatic rings. The summed E-state index contributed by atoms with van der Waals surface area (Å²) in [5.41, 5.74) is 5.87. The molecule has 0 spiro atoms. The van der Waals surface area contributed by atoms with Crippen LogP contribution in [-0.4, -0.2) is 0 Å². The molecule has 3 rings (SSSR count). The van der Waals surface area contributed by atoms with Crippen molar-refractivity contribution in [3.8, 4) is 11.1 Å². The lowest BCUT2D eigenvalue weighted by Gasteiger charge is -2.21. The molecule has 0 radical (unpaired) electrons. The Hall–Kier alpha value is -0.830. The minimum atomic E-state index is 0.149. The maximum Gasteiger partial charge on any atom is 0.0158 e. The van der Waals surface area contributed by atoms with Crippen LogP contribution in [0.3, 0.4) is 0 Å². The van der Waals surface area contributed by atoms with Crippen LogP contribution in [0.15, 0.2) is 42.5 Å². The van der Waals surface area contributed by atoms with Crippen LogP contribution < -0.4 is 0 Å². The first kappa shape index (κ1) is 10.3. The van der Waals surface area contributed by atoms with E-state index in [4.69, 9.17) is 0 Å². The zero-order valence-electron chi connectivity index (χ0n) is 9.42. The highest BCUT2D eigenvalue weighted by Gasteiger charge is 2.34. The van der Waals surface area contributed by atoms with E-state index in [0.29, 0.717) is 0 Å². The highest BCUT2D eigenvalue weighted by Crippen LogP contribution is 2.48. The molecule has 1 heteroatoms. The fourth-order valence-corrected chi connectivity index (χ4v) is 3.18. The van der Waals surface area contributed by atoms with Crippen LogP contribution in [0, 0.1) is 3.57 Å². The van der Waals surface area contributed by atoms with Gasteiger partial charge in [0.25, 0.3) is 0 Å². The average Bonchev–Trinajstić information content (AvgIpc) is 2.49. The number of halogens is 1. The fourth-order valence-electron chi connectivity index (χ4n) is 2.69. The molecule has 2 aromatic carbocycles. The van der Waals surface area contributed by atoms with Gasteiger partial charge in [-0.15, -0.1) is 0 Å². The molecule has 1 aliphatic carbocycles. The van der Waals surface area contributed by atoms with Crippen molar-refractivity contribution in [3.63, 3.8) is 0 Å². The predicted molar refractivity (Wildman–Crippen MR) is 76.7 cm³/mol. The summed E-state index contributed by atoms with van der Waals surface area (Å²) >= 11 is 2.38. The molecule has 0 atom stereocenters. The van der Waals surface area contributed by atoms with Gasteiger partial charge in [-0.05, 0) is 57.0 Å². The average molecular weight is 320 g/mol. The zero-order chi connectivity index (χ0) is 11.3. The van der Waals surface area contributed by atoms with E-state index in [0.717, 1.165) is 0 Å². The van der Waals surface area contributed by atoms with Crippen LogP contribution in [0.25, 0.3) is 11.1 Å². The van der Waals surface area contributed by atoms with Crippen LogP contribution in [0.2, 0.25) is 0 Å². The molecular weight excluding hydrogens is 307 g/mol. The van der Waals surface area contributed by atoms with Gasteiger partial charge in [0.15, 0.2) is 0 Å². The van der Waals surface area contributed by atoms with Crippen LogP contribution in [0.4, 0.5) is 0 Å². The van der Waals surface area contributed by atoms with E-state index in [-0.39, 0.29) is 5.41 Å². The standard InChI is InChI=1S/C15H13I/c1-15(2)13-6-4-3-5-11(13)12-9-10(16)7-8-14(12)15/h3-9H,1-2H3. The first-order chi connectivity index (χ1) is 7.60. The maximum absolute atomic E-state index is 2.38. The SMILES string of the molecule is CC1(C)c2ccccc2-c2cc(I)ccc21. The van der Waals surface area contributed by atoms with Crippen LogP contribution in [-0.2, 0) is 5.41 Å². The third-order valence-corrected chi connectivity index (χ3v) is 4.22. The summed E-state index contributed by atoms with van der Waals surface area (Å²) in [4.78, 5) is 0. The molecule has 80 valence electrons. The van der Waals surface area contributed by atoms with Gasteiger partial charge in [-0.1, -0.05) is 44.2 Å². The van der Waals surface area contributed by atoms with Gasteiger partial charge in [0, 0.05) is 8.99 Å². The molecule has 0 saturated heterocycles. The molecule has 0 amide bonds. The summed E-state index contributed by atoms with van der Waals surface area (Å²) in [5.74, 6) is 0. The molecule has 0 aromatic heterocycles. The van der Waals surface area contributed by atoms with Gasteiger partial charge < -0.3 is 0 Å². The molecule has 0 fully saturated rings. The molecule has 16 heavy (non-hydrogen) atoms. The van der Waals surface area contributed by atoms with Gasteiger partial charge in [-0.25, -0.2) is 0 Å². The first-order valence-corrected chi connectivity index (χ1v) is 6.58. The Bertz CT molecular complexity index is 567. The summed E-state index contributed by atoms with van der Waals surface area (Å²) < 4.78 is 1.31. The third-order valence-electron chi connectivity index (χ3n) is 3.55. The lowest BCUT2D eigenvalue weighted by Crippen LogP contribution is -2.14. The Morgan fingerprint density at radius 1 is 0.875 bits per heavy atom. The van der Waals surface area contributed by atoms with Crippen molar-refractivity contribution in [3.05, 3.63) is 57.2 Å². The number of rotatable bonds is 0. The molecule has 0 aliphatic heterocycles. The molecular formula is C15H13I. The van der Waals surface area contributed by atoms with Crippen molar-refractivity contribution in [2.75, 3.05) is 0 Å². The number of benzene rings is 2. The quantitative estimate of drug-likeness (QED) is 0.623. The fraction of sp³-hybridized carbons (Fsp3) is 0.200. The lowest BCUT2D eigenvalue weighted by molar-refractivity contribution is 0.660. The number of hydrogen-bond donors (Lipinski definition) is 0. The van der Waals surface area contributed by atoms with Gasteiger partial charge in [-0.2, -0.15) is 0 Å². The largest absolute Gasteiger partial charge is 0.0619 e. The van der Waals surface area contributed by atoms with E-state index in [2.05, 4.69) is 78.9 Å². The van der Waals surface area contributed by atoms with Gasteiger partial charge in [0.1, 0.15) is 0 Å². The minimum Gasteiger partial charge on any atom is -0.0619 e. The van der Waals surface area contributed by atoms with Gasteiger partial charge in [-0.3, -0.25) is 0 Å². The van der Waals surface area contributed by atoms with E-state index in [1.54, 1.807) is 0 Å². The van der Waals surface area contributed by atoms with Crippen molar-refractivity contribution < 1.29 is 0 Å². The van der Waals surface area contributed by atoms with Crippen molar-refractivity contribution >= 4 is 22.6 Å². The van der Waals surface area contributed by atoms with Gasteiger partial charge in [0.2, 0.25) is 0 Å². The molecule has 1 aliphatic rings. The minimum absolute atomic E-state index is 0.149. The topological polar surface area (TPSA) is 0 Å². The second-order valence-corrected chi connectivity index (χ2v) is 6.11. The molecule has 0 nitrogen and oxygen atoms in total. The Balaban J connectivity index is 2.40. The molecule has 0 saturated carbocycles. The Labute approximate surface area is 110 Å². The Morgan fingerprint density at radius 2 is 1.56 bits per heavy atom. The van der Waals surface area contributed by atoms with Crippen LogP contribution in [0.1, 0.15) is 25.0 Å². The Kier molecular flexibility index (Phi) is 2.15. The van der Waals surface area contributed by atoms with Gasteiger partial charge in [0.05, 0.1) is 0 Å². The van der Waals surface area contributed by atoms with E-state index in [1.807, 2.05) is 0 Å². The second-order valence-electron chi connectivity index (χ2n) is 4.86. The number of hydrogen-bond acceptors (Lipinski definition) is 0. The highest BCUT2D eigenvalue weighted by atomic mass is 127. The third kappa shape index (κ3) is 1.27. The van der Waals surface area contributed by atoms with E-state index in [9.17, 15) is 0 Å². The van der Waals surface area contributed by atoms with Gasteiger partial charge >= 0.3 is 0 Å². The Morgan fingerprint density at radius 3 is 2.38 bits per heavy atom. The summed E-state index contributed by atoms with van der Waals surface area (Å²) in [6.45, 7) is 4.62. The molecule has 0 N–H and O–H groups in total. The summed E-state index contributed by atoms with van der Waals surface area (Å²) in [7, 11) is 0. The number of fused-ring (bicyclic) bond motifs is 3. The zero-order valence-corrected chi connectivity index (χ0v) is 11.6. The summed E-state index contributed by atoms with van der Waals surface area (Å²) in [6.07, 6.45) is 0. The normalized spacial score (nSPS) is 15.7. The first-order valence-electron chi connectivity index (χ1n) is 5.50. The van der Waals surface area contributed by atoms with Crippen molar-refractivity contribution in [2.24, 2.45) is 0 Å². The highest BCUT2D eigenvalue weighted by molar-refractivity contribution is 14.1. The second kappa shape index (κ2) is 3.33. The summed E-state index contributed by atoms with van der Waals surface area (Å²) in [5, 5.41) is 0. The van der Waals surface area contributed by atoms with E-state index >= 15 is 0 Å². The van der Waals surface area contributed by atoms with Crippen molar-refractivity contribution in [1.29, 1.82) is 0 Å². The van der Waals surface area contributed by atoms with E-state index < -0.39 is 0 Å². The smallest absolute Gasteiger partial charge is 0.0158 e. The van der Waals surface area contributed by atoms with Crippen molar-refractivity contribution in [2.45, 2.75) is 19.3 Å². The predicted octanol–water partition coefficient (Wildman–Crippen LogP) is 4.60. The maximum atomic E-state index is 2.38. The molecule has 0 unspecified atom stereocenters. The van der Waals surface area contributed by atoms with E-state index in [1.165, 1.54) is 25.8 Å².